The van der Waals surface area contributed by atoms with E-state index >= 15 is 0 Å². The summed E-state index contributed by atoms with van der Waals surface area (Å²) in [4.78, 5) is 31.5. The largest absolute Gasteiger partial charge is 0.444 e. The summed E-state index contributed by atoms with van der Waals surface area (Å²) in [7, 11) is 0. The standard InChI is InChI=1S/C18H22BrN3O3/c1-18(2,3)25-17(24)22-8-6-21(7-9-22)16(23)14-11-20-15-5-4-12(19)10-13(14)15/h4-5,10-11,20H,6-9H2,1-3H3. The van der Waals surface area contributed by atoms with Crippen LogP contribution in [-0.2, 0) is 4.74 Å². The Morgan fingerprint density at radius 3 is 2.40 bits per heavy atom. The van der Waals surface area contributed by atoms with Crippen LogP contribution in [0.1, 0.15) is 31.1 Å². The van der Waals surface area contributed by atoms with Gasteiger partial charge in [-0.3, -0.25) is 4.79 Å². The minimum Gasteiger partial charge on any atom is -0.444 e. The number of H-pyrrole nitrogens is 1. The molecule has 134 valence electrons. The Morgan fingerprint density at radius 1 is 1.12 bits per heavy atom. The van der Waals surface area contributed by atoms with Crippen LogP contribution in [0.5, 0.6) is 0 Å². The summed E-state index contributed by atoms with van der Waals surface area (Å²) < 4.78 is 6.32. The number of aromatic nitrogens is 1. The molecule has 1 N–H and O–H groups in total. The third-order valence-electron chi connectivity index (χ3n) is 4.09. The number of hydrogen-bond donors (Lipinski definition) is 1. The Labute approximate surface area is 155 Å². The zero-order valence-corrected chi connectivity index (χ0v) is 16.2. The molecule has 1 fully saturated rings. The van der Waals surface area contributed by atoms with Crippen molar-refractivity contribution in [1.82, 2.24) is 14.8 Å². The van der Waals surface area contributed by atoms with Gasteiger partial charge in [0.15, 0.2) is 0 Å². The number of nitrogens with one attached hydrogen (secondary N) is 1. The molecular weight excluding hydrogens is 386 g/mol. The van der Waals surface area contributed by atoms with Crippen molar-refractivity contribution in [1.29, 1.82) is 0 Å². The molecule has 25 heavy (non-hydrogen) atoms. The molecule has 0 bridgehead atoms. The molecule has 3 rings (SSSR count). The van der Waals surface area contributed by atoms with Crippen molar-refractivity contribution in [3.05, 3.63) is 34.4 Å². The normalized spacial score (nSPS) is 15.5. The SMILES string of the molecule is CC(C)(C)OC(=O)N1CCN(C(=O)c2c[nH]c3ccc(Br)cc23)CC1. The Hall–Kier alpha value is -2.02. The monoisotopic (exact) mass is 407 g/mol. The van der Waals surface area contributed by atoms with Crippen LogP contribution in [0.4, 0.5) is 4.79 Å². The number of benzene rings is 1. The molecule has 2 aromatic rings. The number of carbonyl (C=O) groups is 2. The molecule has 0 atom stereocenters. The van der Waals surface area contributed by atoms with E-state index in [1.165, 1.54) is 0 Å². The number of fused-ring (bicyclic) bond motifs is 1. The summed E-state index contributed by atoms with van der Waals surface area (Å²) in [5, 5.41) is 0.897. The van der Waals surface area contributed by atoms with Crippen molar-refractivity contribution in [2.24, 2.45) is 0 Å². The first kappa shape index (κ1) is 17.8. The zero-order chi connectivity index (χ0) is 18.2. The van der Waals surface area contributed by atoms with E-state index < -0.39 is 5.60 Å². The van der Waals surface area contributed by atoms with Gasteiger partial charge < -0.3 is 19.5 Å². The second-order valence-electron chi connectivity index (χ2n) is 7.15. The first-order valence-electron chi connectivity index (χ1n) is 8.28. The van der Waals surface area contributed by atoms with Crippen molar-refractivity contribution < 1.29 is 14.3 Å². The number of aromatic amines is 1. The van der Waals surface area contributed by atoms with E-state index in [1.54, 1.807) is 16.0 Å². The molecule has 1 aromatic heterocycles. The third kappa shape index (κ3) is 3.98. The van der Waals surface area contributed by atoms with Crippen molar-refractivity contribution >= 4 is 38.8 Å². The molecule has 1 aliphatic rings. The molecule has 1 aromatic carbocycles. The topological polar surface area (TPSA) is 65.6 Å². The number of nitrogens with zero attached hydrogens (tertiary/aromatic N) is 2. The molecule has 2 heterocycles. The lowest BCUT2D eigenvalue weighted by atomic mass is 10.1. The summed E-state index contributed by atoms with van der Waals surface area (Å²) in [6.45, 7) is 7.50. The Bertz CT molecular complexity index is 801. The first-order chi connectivity index (χ1) is 11.7. The number of ether oxygens (including phenoxy) is 1. The van der Waals surface area contributed by atoms with Gasteiger partial charge in [0.2, 0.25) is 0 Å². The third-order valence-corrected chi connectivity index (χ3v) is 4.59. The van der Waals surface area contributed by atoms with Crippen LogP contribution >= 0.6 is 15.9 Å². The number of hydrogen-bond acceptors (Lipinski definition) is 3. The van der Waals surface area contributed by atoms with Gasteiger partial charge >= 0.3 is 6.09 Å². The number of piperazine rings is 1. The second kappa shape index (κ2) is 6.71. The van der Waals surface area contributed by atoms with Crippen molar-refractivity contribution in [2.75, 3.05) is 26.2 Å². The fraction of sp³-hybridized carbons (Fsp3) is 0.444. The van der Waals surface area contributed by atoms with Crippen molar-refractivity contribution in [3.8, 4) is 0 Å². The van der Waals surface area contributed by atoms with Gasteiger partial charge in [0.1, 0.15) is 5.60 Å². The van der Waals surface area contributed by atoms with Gasteiger partial charge in [-0.2, -0.15) is 0 Å². The van der Waals surface area contributed by atoms with Gasteiger partial charge in [-0.25, -0.2) is 4.79 Å². The molecule has 1 aliphatic heterocycles. The van der Waals surface area contributed by atoms with Gasteiger partial charge in [-0.1, -0.05) is 15.9 Å². The number of amides is 2. The van der Waals surface area contributed by atoms with Crippen molar-refractivity contribution in [2.45, 2.75) is 26.4 Å². The molecule has 0 radical (unpaired) electrons. The van der Waals surface area contributed by atoms with E-state index in [0.29, 0.717) is 31.7 Å². The second-order valence-corrected chi connectivity index (χ2v) is 8.07. The fourth-order valence-corrected chi connectivity index (χ4v) is 3.22. The molecular formula is C18H22BrN3O3. The highest BCUT2D eigenvalue weighted by Crippen LogP contribution is 2.24. The van der Waals surface area contributed by atoms with Crippen LogP contribution in [0, 0.1) is 0 Å². The number of halogens is 1. The summed E-state index contributed by atoms with van der Waals surface area (Å²) in [6, 6.07) is 5.82. The summed E-state index contributed by atoms with van der Waals surface area (Å²) in [5.41, 5.74) is 1.07. The van der Waals surface area contributed by atoms with E-state index in [9.17, 15) is 9.59 Å². The van der Waals surface area contributed by atoms with Crippen LogP contribution in [-0.4, -0.2) is 58.6 Å². The Morgan fingerprint density at radius 2 is 1.76 bits per heavy atom. The molecule has 2 amide bonds. The van der Waals surface area contributed by atoms with E-state index in [2.05, 4.69) is 20.9 Å². The molecule has 0 spiro atoms. The van der Waals surface area contributed by atoms with Crippen LogP contribution in [0.15, 0.2) is 28.9 Å². The molecule has 7 heteroatoms. The fourth-order valence-electron chi connectivity index (χ4n) is 2.86. The molecule has 6 nitrogen and oxygen atoms in total. The van der Waals surface area contributed by atoms with E-state index in [4.69, 9.17) is 4.74 Å². The highest BCUT2D eigenvalue weighted by molar-refractivity contribution is 9.10. The lowest BCUT2D eigenvalue weighted by Gasteiger charge is -2.35. The Kier molecular flexibility index (Phi) is 4.77. The maximum atomic E-state index is 12.8. The highest BCUT2D eigenvalue weighted by atomic mass is 79.9. The smallest absolute Gasteiger partial charge is 0.410 e. The summed E-state index contributed by atoms with van der Waals surface area (Å²) in [5.74, 6) is -0.0202. The minimum absolute atomic E-state index is 0.0202. The van der Waals surface area contributed by atoms with Gasteiger partial charge in [-0.05, 0) is 39.0 Å². The average Bonchev–Trinajstić information content (AvgIpc) is 2.95. The quantitative estimate of drug-likeness (QED) is 0.784. The Balaban J connectivity index is 1.67. The number of rotatable bonds is 1. The van der Waals surface area contributed by atoms with Crippen LogP contribution in [0.3, 0.4) is 0 Å². The molecule has 0 unspecified atom stereocenters. The van der Waals surface area contributed by atoms with E-state index in [-0.39, 0.29) is 12.0 Å². The van der Waals surface area contributed by atoms with E-state index in [0.717, 1.165) is 15.4 Å². The van der Waals surface area contributed by atoms with Gasteiger partial charge in [0.05, 0.1) is 5.56 Å². The van der Waals surface area contributed by atoms with Gasteiger partial charge in [0.25, 0.3) is 5.91 Å². The summed E-state index contributed by atoms with van der Waals surface area (Å²) in [6.07, 6.45) is 1.43. The number of carbonyl (C=O) groups excluding carboxylic acids is 2. The maximum Gasteiger partial charge on any atom is 0.410 e. The molecule has 0 aliphatic carbocycles. The predicted molar refractivity (Wildman–Crippen MR) is 99.7 cm³/mol. The summed E-state index contributed by atoms with van der Waals surface area (Å²) >= 11 is 3.45. The zero-order valence-electron chi connectivity index (χ0n) is 14.6. The minimum atomic E-state index is -0.512. The van der Waals surface area contributed by atoms with E-state index in [1.807, 2.05) is 39.0 Å². The average molecular weight is 408 g/mol. The molecule has 1 saturated heterocycles. The predicted octanol–water partition coefficient (Wildman–Crippen LogP) is 3.62. The van der Waals surface area contributed by atoms with Crippen molar-refractivity contribution in [3.63, 3.8) is 0 Å². The van der Waals surface area contributed by atoms with Crippen LogP contribution in [0.25, 0.3) is 10.9 Å². The molecule has 0 saturated carbocycles. The van der Waals surface area contributed by atoms with Crippen LogP contribution < -0.4 is 0 Å². The highest BCUT2D eigenvalue weighted by Gasteiger charge is 2.28. The lowest BCUT2D eigenvalue weighted by molar-refractivity contribution is 0.0141. The van der Waals surface area contributed by atoms with Crippen LogP contribution in [0.2, 0.25) is 0 Å². The van der Waals surface area contributed by atoms with Gasteiger partial charge in [0, 0.05) is 47.8 Å². The van der Waals surface area contributed by atoms with Gasteiger partial charge in [-0.15, -0.1) is 0 Å². The maximum absolute atomic E-state index is 12.8. The lowest BCUT2D eigenvalue weighted by Crippen LogP contribution is -2.51. The first-order valence-corrected chi connectivity index (χ1v) is 9.08.